The molecule has 2 atom stereocenters. The van der Waals surface area contributed by atoms with Gasteiger partial charge in [-0.15, -0.1) is 0 Å². The van der Waals surface area contributed by atoms with Crippen LogP contribution in [0.2, 0.25) is 0 Å². The molecule has 2 saturated heterocycles. The van der Waals surface area contributed by atoms with Gasteiger partial charge in [0.25, 0.3) is 0 Å². The van der Waals surface area contributed by atoms with E-state index in [9.17, 15) is 14.3 Å². The van der Waals surface area contributed by atoms with Gasteiger partial charge in [0.05, 0.1) is 18.6 Å². The summed E-state index contributed by atoms with van der Waals surface area (Å²) in [6, 6.07) is 4.68. The summed E-state index contributed by atoms with van der Waals surface area (Å²) in [4.78, 5) is 14.4. The van der Waals surface area contributed by atoms with Crippen LogP contribution < -0.4 is 10.1 Å². The molecule has 1 aromatic rings. The molecule has 23 heavy (non-hydrogen) atoms. The first-order valence-electron chi connectivity index (χ1n) is 8.06. The number of methoxy groups -OCH3 is 1. The zero-order chi connectivity index (χ0) is 16.4. The number of halogens is 1. The molecular formula is C17H23FN2O3. The minimum absolute atomic E-state index is 0.0768. The molecule has 0 aliphatic carbocycles. The minimum Gasteiger partial charge on any atom is -0.497 e. The van der Waals surface area contributed by atoms with Crippen molar-refractivity contribution in [1.29, 1.82) is 0 Å². The number of nitrogens with zero attached hydrogens (tertiary/aromatic N) is 1. The summed E-state index contributed by atoms with van der Waals surface area (Å²) in [5.41, 5.74) is -0.210. The smallest absolute Gasteiger partial charge is 0.230 e. The van der Waals surface area contributed by atoms with Gasteiger partial charge in [-0.2, -0.15) is 0 Å². The zero-order valence-electron chi connectivity index (χ0n) is 13.3. The Hall–Kier alpha value is -1.66. The molecule has 5 nitrogen and oxygen atoms in total. The monoisotopic (exact) mass is 322 g/mol. The van der Waals surface area contributed by atoms with Crippen LogP contribution in [0.1, 0.15) is 24.8 Å². The first kappa shape index (κ1) is 16.2. The van der Waals surface area contributed by atoms with Gasteiger partial charge in [-0.05, 0) is 37.5 Å². The fourth-order valence-electron chi connectivity index (χ4n) is 3.70. The summed E-state index contributed by atoms with van der Waals surface area (Å²) in [7, 11) is 1.55. The molecule has 2 heterocycles. The zero-order valence-corrected chi connectivity index (χ0v) is 13.3. The summed E-state index contributed by atoms with van der Waals surface area (Å²) in [5.74, 6) is 0.259. The Bertz CT molecular complexity index is 595. The molecule has 0 aromatic heterocycles. The molecule has 3 rings (SSSR count). The average molecular weight is 322 g/mol. The number of rotatable bonds is 3. The van der Waals surface area contributed by atoms with Gasteiger partial charge in [-0.3, -0.25) is 9.69 Å². The highest BCUT2D eigenvalue weighted by Gasteiger charge is 2.49. The van der Waals surface area contributed by atoms with E-state index in [1.54, 1.807) is 19.2 Å². The topological polar surface area (TPSA) is 61.8 Å². The summed E-state index contributed by atoms with van der Waals surface area (Å²) in [5, 5.41) is 13.3. The number of carbonyl (C=O) groups excluding carboxylic acids is 1. The van der Waals surface area contributed by atoms with Crippen molar-refractivity contribution in [2.45, 2.75) is 31.9 Å². The third-order valence-corrected chi connectivity index (χ3v) is 5.05. The second-order valence-electron chi connectivity index (χ2n) is 6.49. The number of ether oxygens (including phenoxy) is 1. The van der Waals surface area contributed by atoms with Gasteiger partial charge in [-0.1, -0.05) is 0 Å². The number of hydrogen-bond donors (Lipinski definition) is 2. The predicted molar refractivity (Wildman–Crippen MR) is 83.5 cm³/mol. The van der Waals surface area contributed by atoms with Gasteiger partial charge in [-0.25, -0.2) is 4.39 Å². The van der Waals surface area contributed by atoms with Gasteiger partial charge < -0.3 is 15.2 Å². The maximum Gasteiger partial charge on any atom is 0.230 e. The van der Waals surface area contributed by atoms with Gasteiger partial charge in [0.1, 0.15) is 11.6 Å². The number of piperidine rings is 2. The van der Waals surface area contributed by atoms with E-state index in [2.05, 4.69) is 10.2 Å². The molecule has 0 saturated carbocycles. The average Bonchev–Trinajstić information content (AvgIpc) is 2.55. The highest BCUT2D eigenvalue weighted by molar-refractivity contribution is 5.84. The molecule has 0 unspecified atom stereocenters. The van der Waals surface area contributed by atoms with E-state index in [1.165, 1.54) is 6.07 Å². The van der Waals surface area contributed by atoms with E-state index in [-0.39, 0.29) is 11.7 Å². The second-order valence-corrected chi connectivity index (χ2v) is 6.49. The number of carbonyl (C=O) groups is 1. The third-order valence-electron chi connectivity index (χ3n) is 5.05. The highest BCUT2D eigenvalue weighted by atomic mass is 19.1. The minimum atomic E-state index is -0.758. The molecule has 2 N–H and O–H groups in total. The summed E-state index contributed by atoms with van der Waals surface area (Å²) >= 11 is 0. The quantitative estimate of drug-likeness (QED) is 0.880. The van der Waals surface area contributed by atoms with Crippen LogP contribution in [-0.4, -0.2) is 48.8 Å². The molecule has 1 amide bonds. The molecule has 0 radical (unpaired) electrons. The van der Waals surface area contributed by atoms with E-state index in [0.29, 0.717) is 50.3 Å². The van der Waals surface area contributed by atoms with E-state index in [1.807, 2.05) is 0 Å². The molecule has 2 aliphatic rings. The highest BCUT2D eigenvalue weighted by Crippen LogP contribution is 2.37. The number of amides is 1. The normalized spacial score (nSPS) is 28.7. The maximum atomic E-state index is 14.0. The number of likely N-dealkylation sites (tertiary alicyclic amines) is 1. The fraction of sp³-hybridized carbons (Fsp3) is 0.588. The molecule has 6 heteroatoms. The van der Waals surface area contributed by atoms with E-state index < -0.39 is 11.5 Å². The molecule has 1 aromatic carbocycles. The van der Waals surface area contributed by atoms with Crippen LogP contribution >= 0.6 is 0 Å². The van der Waals surface area contributed by atoms with Crippen LogP contribution in [0.5, 0.6) is 5.75 Å². The van der Waals surface area contributed by atoms with Gasteiger partial charge in [0.2, 0.25) is 5.91 Å². The summed E-state index contributed by atoms with van der Waals surface area (Å²) < 4.78 is 19.2. The standard InChI is InChI=1S/C17H23FN2O3/c1-23-13-3-4-14(18)12(9-13)10-20-8-5-15(21)17(11-20)6-2-7-19-16(17)22/h3-4,9,15,21H,2,5-8,10-11H2,1H3,(H,19,22)/t15-,17-/m1/s1. The van der Waals surface area contributed by atoms with Crippen molar-refractivity contribution in [3.8, 4) is 5.75 Å². The Balaban J connectivity index is 1.78. The Kier molecular flexibility index (Phi) is 4.55. The Labute approximate surface area is 135 Å². The van der Waals surface area contributed by atoms with Crippen molar-refractivity contribution in [1.82, 2.24) is 10.2 Å². The van der Waals surface area contributed by atoms with Crippen molar-refractivity contribution in [3.63, 3.8) is 0 Å². The van der Waals surface area contributed by atoms with Crippen LogP contribution in [0, 0.1) is 11.2 Å². The number of hydrogen-bond acceptors (Lipinski definition) is 4. The van der Waals surface area contributed by atoms with Gasteiger partial charge in [0, 0.05) is 31.7 Å². The number of benzene rings is 1. The number of nitrogens with one attached hydrogen (secondary N) is 1. The number of aliphatic hydroxyl groups is 1. The lowest BCUT2D eigenvalue weighted by atomic mass is 9.71. The lowest BCUT2D eigenvalue weighted by Gasteiger charge is -2.47. The van der Waals surface area contributed by atoms with Crippen molar-refractivity contribution in [3.05, 3.63) is 29.6 Å². The Morgan fingerprint density at radius 3 is 3.09 bits per heavy atom. The largest absolute Gasteiger partial charge is 0.497 e. The molecule has 0 bridgehead atoms. The lowest BCUT2D eigenvalue weighted by molar-refractivity contribution is -0.149. The summed E-state index contributed by atoms with van der Waals surface area (Å²) in [6.07, 6.45) is 1.44. The van der Waals surface area contributed by atoms with Crippen LogP contribution in [0.15, 0.2) is 18.2 Å². The Morgan fingerprint density at radius 2 is 2.35 bits per heavy atom. The SMILES string of the molecule is COc1ccc(F)c(CN2CC[C@@H](O)[C@@]3(CCCNC3=O)C2)c1. The third kappa shape index (κ3) is 3.05. The Morgan fingerprint density at radius 1 is 1.52 bits per heavy atom. The van der Waals surface area contributed by atoms with Crippen molar-refractivity contribution in [2.75, 3.05) is 26.7 Å². The van der Waals surface area contributed by atoms with E-state index >= 15 is 0 Å². The first-order valence-corrected chi connectivity index (χ1v) is 8.06. The molecule has 2 fully saturated rings. The molecule has 126 valence electrons. The summed E-state index contributed by atoms with van der Waals surface area (Å²) in [6.45, 7) is 2.17. The predicted octanol–water partition coefficient (Wildman–Crippen LogP) is 1.30. The lowest BCUT2D eigenvalue weighted by Crippen LogP contribution is -2.61. The van der Waals surface area contributed by atoms with Crippen molar-refractivity contribution >= 4 is 5.91 Å². The van der Waals surface area contributed by atoms with Crippen LogP contribution in [0.3, 0.4) is 0 Å². The van der Waals surface area contributed by atoms with Crippen LogP contribution in [0.25, 0.3) is 0 Å². The molecule has 2 aliphatic heterocycles. The maximum absolute atomic E-state index is 14.0. The second kappa shape index (κ2) is 6.45. The van der Waals surface area contributed by atoms with Crippen molar-refractivity contribution < 1.29 is 19.0 Å². The van der Waals surface area contributed by atoms with E-state index in [0.717, 1.165) is 6.42 Å². The fourth-order valence-corrected chi connectivity index (χ4v) is 3.70. The van der Waals surface area contributed by atoms with Crippen LogP contribution in [-0.2, 0) is 11.3 Å². The first-order chi connectivity index (χ1) is 11.0. The molecular weight excluding hydrogens is 299 g/mol. The number of aliphatic hydroxyl groups excluding tert-OH is 1. The van der Waals surface area contributed by atoms with Gasteiger partial charge in [0.15, 0.2) is 0 Å². The van der Waals surface area contributed by atoms with Crippen molar-refractivity contribution in [2.24, 2.45) is 5.41 Å². The molecule has 1 spiro atoms. The van der Waals surface area contributed by atoms with Crippen LogP contribution in [0.4, 0.5) is 4.39 Å². The van der Waals surface area contributed by atoms with Gasteiger partial charge >= 0.3 is 0 Å². The van der Waals surface area contributed by atoms with E-state index in [4.69, 9.17) is 4.74 Å².